The second-order valence-electron chi connectivity index (χ2n) is 10.1. The normalized spacial score (nSPS) is 15.2. The number of carbonyl (C=O) groups excluding carboxylic acids is 1. The van der Waals surface area contributed by atoms with E-state index < -0.39 is 0 Å². The van der Waals surface area contributed by atoms with Crippen LogP contribution in [0.2, 0.25) is 0 Å². The molecule has 0 aliphatic carbocycles. The number of ether oxygens (including phenoxy) is 1. The van der Waals surface area contributed by atoms with Crippen molar-refractivity contribution in [1.82, 2.24) is 20.2 Å². The molecule has 1 aliphatic rings. The van der Waals surface area contributed by atoms with E-state index in [2.05, 4.69) is 73.1 Å². The summed E-state index contributed by atoms with van der Waals surface area (Å²) < 4.78 is 5.98. The van der Waals surface area contributed by atoms with Crippen LogP contribution in [0.1, 0.15) is 53.2 Å². The first-order chi connectivity index (χ1) is 18.4. The summed E-state index contributed by atoms with van der Waals surface area (Å²) in [6.45, 7) is 9.88. The van der Waals surface area contributed by atoms with Gasteiger partial charge in [0.15, 0.2) is 0 Å². The molecule has 7 nitrogen and oxygen atoms in total. The maximum absolute atomic E-state index is 12.7. The van der Waals surface area contributed by atoms with Gasteiger partial charge in [-0.3, -0.25) is 9.78 Å². The van der Waals surface area contributed by atoms with Crippen molar-refractivity contribution in [2.24, 2.45) is 0 Å². The monoisotopic (exact) mass is 579 g/mol. The summed E-state index contributed by atoms with van der Waals surface area (Å²) in [6, 6.07) is 13.2. The van der Waals surface area contributed by atoms with Gasteiger partial charge in [0.05, 0.1) is 12.7 Å². The molecule has 38 heavy (non-hydrogen) atoms. The quantitative estimate of drug-likeness (QED) is 0.318. The molecule has 0 saturated carbocycles. The first-order valence-electron chi connectivity index (χ1n) is 13.3. The topological polar surface area (TPSA) is 70.6 Å². The molecule has 3 aromatic rings. The molecule has 1 aromatic carbocycles. The van der Waals surface area contributed by atoms with E-state index >= 15 is 0 Å². The number of rotatable bonds is 10. The number of likely N-dealkylation sites (tertiary alicyclic amines) is 1. The van der Waals surface area contributed by atoms with Gasteiger partial charge in [-0.25, -0.2) is 4.98 Å². The lowest BCUT2D eigenvalue weighted by atomic mass is 9.99. The van der Waals surface area contributed by atoms with Gasteiger partial charge >= 0.3 is 0 Å². The molecule has 1 saturated heterocycles. The fraction of sp³-hybridized carbons (Fsp3) is 0.433. The van der Waals surface area contributed by atoms with Crippen molar-refractivity contribution in [3.05, 3.63) is 81.8 Å². The van der Waals surface area contributed by atoms with Crippen molar-refractivity contribution in [3.63, 3.8) is 0 Å². The van der Waals surface area contributed by atoms with Gasteiger partial charge in [-0.1, -0.05) is 0 Å². The summed E-state index contributed by atoms with van der Waals surface area (Å²) in [5.74, 6) is 0.794. The van der Waals surface area contributed by atoms with Crippen molar-refractivity contribution < 1.29 is 9.53 Å². The van der Waals surface area contributed by atoms with Crippen molar-refractivity contribution in [2.45, 2.75) is 58.7 Å². The lowest BCUT2D eigenvalue weighted by molar-refractivity contribution is 0.0943. The van der Waals surface area contributed by atoms with Crippen LogP contribution >= 0.6 is 15.9 Å². The first-order valence-corrected chi connectivity index (χ1v) is 14.1. The van der Waals surface area contributed by atoms with Crippen LogP contribution in [0, 0.1) is 13.8 Å². The lowest BCUT2D eigenvalue weighted by Crippen LogP contribution is -2.48. The van der Waals surface area contributed by atoms with Gasteiger partial charge in [0.2, 0.25) is 0 Å². The summed E-state index contributed by atoms with van der Waals surface area (Å²) in [5, 5.41) is 3.08. The molecule has 4 rings (SSSR count). The number of amides is 1. The molecule has 0 bridgehead atoms. The van der Waals surface area contributed by atoms with Gasteiger partial charge < -0.3 is 19.9 Å². The van der Waals surface area contributed by atoms with Crippen molar-refractivity contribution in [3.8, 4) is 5.75 Å². The third kappa shape index (κ3) is 6.91. The SMILES string of the molecule is COc1ccc(N(Cc2cnccc2C)C2CCN([C@H](C)CCNC(=O)c3c(C)ccnc3Br)CC2)cc1. The highest BCUT2D eigenvalue weighted by molar-refractivity contribution is 9.10. The molecule has 0 radical (unpaired) electrons. The number of halogens is 1. The minimum atomic E-state index is -0.0748. The number of aromatic nitrogens is 2. The highest BCUT2D eigenvalue weighted by Crippen LogP contribution is 2.29. The van der Waals surface area contributed by atoms with Gasteiger partial charge in [-0.05, 0) is 109 Å². The Bertz CT molecular complexity index is 1190. The Balaban J connectivity index is 1.34. The molecule has 8 heteroatoms. The maximum atomic E-state index is 12.7. The zero-order chi connectivity index (χ0) is 27.1. The van der Waals surface area contributed by atoms with Crippen molar-refractivity contribution in [2.75, 3.05) is 31.6 Å². The van der Waals surface area contributed by atoms with Crippen LogP contribution in [0.4, 0.5) is 5.69 Å². The molecular weight excluding hydrogens is 542 g/mol. The number of hydrogen-bond acceptors (Lipinski definition) is 6. The number of benzene rings is 1. The fourth-order valence-electron chi connectivity index (χ4n) is 5.15. The molecule has 0 unspecified atom stereocenters. The Labute approximate surface area is 234 Å². The molecule has 2 aromatic heterocycles. The van der Waals surface area contributed by atoms with E-state index in [0.29, 0.717) is 28.8 Å². The average molecular weight is 581 g/mol. The number of methoxy groups -OCH3 is 1. The minimum Gasteiger partial charge on any atom is -0.497 e. The predicted molar refractivity (Wildman–Crippen MR) is 156 cm³/mol. The van der Waals surface area contributed by atoms with E-state index in [1.54, 1.807) is 13.3 Å². The summed E-state index contributed by atoms with van der Waals surface area (Å²) in [5.41, 5.74) is 5.26. The van der Waals surface area contributed by atoms with Crippen LogP contribution in [0.3, 0.4) is 0 Å². The molecular formula is C30H38BrN5O2. The van der Waals surface area contributed by atoms with Gasteiger partial charge in [0.25, 0.3) is 5.91 Å². The van der Waals surface area contributed by atoms with Gasteiger partial charge in [-0.15, -0.1) is 0 Å². The summed E-state index contributed by atoms with van der Waals surface area (Å²) in [7, 11) is 1.70. The fourth-order valence-corrected chi connectivity index (χ4v) is 5.76. The second kappa shape index (κ2) is 13.2. The predicted octanol–water partition coefficient (Wildman–Crippen LogP) is 5.54. The second-order valence-corrected chi connectivity index (χ2v) is 10.8. The van der Waals surface area contributed by atoms with Crippen LogP contribution in [-0.2, 0) is 6.54 Å². The number of carbonyl (C=O) groups is 1. The summed E-state index contributed by atoms with van der Waals surface area (Å²) in [6.07, 6.45) is 8.63. The Morgan fingerprint density at radius 1 is 1.13 bits per heavy atom. The summed E-state index contributed by atoms with van der Waals surface area (Å²) in [4.78, 5) is 26.4. The third-order valence-corrected chi connectivity index (χ3v) is 8.24. The molecule has 1 N–H and O–H groups in total. The average Bonchev–Trinajstić information content (AvgIpc) is 2.93. The lowest BCUT2D eigenvalue weighted by Gasteiger charge is -2.42. The van der Waals surface area contributed by atoms with E-state index in [4.69, 9.17) is 4.74 Å². The van der Waals surface area contributed by atoms with Gasteiger partial charge in [-0.2, -0.15) is 0 Å². The smallest absolute Gasteiger partial charge is 0.254 e. The number of nitrogens with zero attached hydrogens (tertiary/aromatic N) is 4. The third-order valence-electron chi connectivity index (χ3n) is 7.64. The van der Waals surface area contributed by atoms with Crippen LogP contribution in [0.5, 0.6) is 5.75 Å². The Morgan fingerprint density at radius 3 is 2.50 bits per heavy atom. The number of piperidine rings is 1. The standard InChI is InChI=1S/C30H38BrN5O2/c1-21-9-14-32-19-24(21)20-36(25-5-7-27(38-4)8-6-25)26-12-17-35(18-13-26)23(3)11-16-34-30(37)28-22(2)10-15-33-29(28)31/h5-10,14-15,19,23,26H,11-13,16-18,20H2,1-4H3,(H,34,37)/t23-/m1/s1. The van der Waals surface area contributed by atoms with Crippen LogP contribution in [0.15, 0.2) is 59.6 Å². The number of nitrogens with one attached hydrogen (secondary N) is 1. The van der Waals surface area contributed by atoms with Gasteiger partial charge in [0.1, 0.15) is 10.4 Å². The molecule has 1 amide bonds. The molecule has 3 heterocycles. The largest absolute Gasteiger partial charge is 0.497 e. The highest BCUT2D eigenvalue weighted by atomic mass is 79.9. The number of anilines is 1. The van der Waals surface area contributed by atoms with Crippen molar-refractivity contribution in [1.29, 1.82) is 0 Å². The molecule has 1 atom stereocenters. The van der Waals surface area contributed by atoms with Gasteiger partial charge in [0, 0.05) is 62.5 Å². The van der Waals surface area contributed by atoms with E-state index in [-0.39, 0.29) is 5.91 Å². The Kier molecular flexibility index (Phi) is 9.74. The Hall–Kier alpha value is -2.97. The van der Waals surface area contributed by atoms with E-state index in [1.165, 1.54) is 16.8 Å². The Morgan fingerprint density at radius 2 is 1.84 bits per heavy atom. The number of pyridine rings is 2. The van der Waals surface area contributed by atoms with Crippen LogP contribution in [-0.4, -0.2) is 59.6 Å². The molecule has 1 fully saturated rings. The number of hydrogen-bond donors (Lipinski definition) is 1. The van der Waals surface area contributed by atoms with Crippen LogP contribution < -0.4 is 15.0 Å². The summed E-state index contributed by atoms with van der Waals surface area (Å²) >= 11 is 3.40. The van der Waals surface area contributed by atoms with E-state index in [1.807, 2.05) is 37.5 Å². The zero-order valence-electron chi connectivity index (χ0n) is 22.8. The van der Waals surface area contributed by atoms with E-state index in [9.17, 15) is 4.79 Å². The zero-order valence-corrected chi connectivity index (χ0v) is 24.4. The van der Waals surface area contributed by atoms with Crippen molar-refractivity contribution >= 4 is 27.5 Å². The molecule has 0 spiro atoms. The minimum absolute atomic E-state index is 0.0748. The van der Waals surface area contributed by atoms with E-state index in [0.717, 1.165) is 50.2 Å². The first kappa shape index (κ1) is 28.0. The van der Waals surface area contributed by atoms with Crippen LogP contribution in [0.25, 0.3) is 0 Å². The molecule has 202 valence electrons. The molecule has 1 aliphatic heterocycles. The maximum Gasteiger partial charge on any atom is 0.254 e. The number of aryl methyl sites for hydroxylation is 2. The highest BCUT2D eigenvalue weighted by Gasteiger charge is 2.27.